The molecule has 0 saturated carbocycles. The Labute approximate surface area is 311 Å². The molecule has 0 saturated heterocycles. The van der Waals surface area contributed by atoms with Crippen molar-refractivity contribution < 1.29 is 4.42 Å². The normalized spacial score (nSPS) is 12.2. The van der Waals surface area contributed by atoms with Crippen LogP contribution in [-0.4, -0.2) is 4.57 Å². The number of fused-ring (bicyclic) bond motifs is 12. The number of rotatable bonds is 4. The van der Waals surface area contributed by atoms with E-state index in [1.54, 1.807) is 0 Å². The number of hydrogen-bond acceptors (Lipinski definition) is 2. The number of hydrogen-bond donors (Lipinski definition) is 0. The van der Waals surface area contributed by atoms with Gasteiger partial charge >= 0.3 is 0 Å². The van der Waals surface area contributed by atoms with E-state index < -0.39 is 0 Å². The number of para-hydroxylation sites is 4. The van der Waals surface area contributed by atoms with E-state index in [9.17, 15) is 0 Å². The summed E-state index contributed by atoms with van der Waals surface area (Å²) in [6, 6.07) is 64.2. The van der Waals surface area contributed by atoms with E-state index in [2.05, 4.69) is 186 Å². The lowest BCUT2D eigenvalue weighted by molar-refractivity contribution is 0.669. The molecule has 11 aromatic rings. The predicted molar refractivity (Wildman–Crippen MR) is 227 cm³/mol. The zero-order chi connectivity index (χ0) is 35.5. The highest BCUT2D eigenvalue weighted by Gasteiger charge is 2.25. The van der Waals surface area contributed by atoms with Gasteiger partial charge in [-0.2, -0.15) is 0 Å². The number of anilines is 3. The Kier molecular flexibility index (Phi) is 5.98. The van der Waals surface area contributed by atoms with Gasteiger partial charge in [0, 0.05) is 38.6 Å². The van der Waals surface area contributed by atoms with Crippen molar-refractivity contribution in [3.63, 3.8) is 0 Å². The predicted octanol–water partition coefficient (Wildman–Crippen LogP) is 14.4. The van der Waals surface area contributed by atoms with Crippen molar-refractivity contribution in [2.24, 2.45) is 0 Å². The first-order chi connectivity index (χ1) is 26.7. The second-order valence-corrected chi connectivity index (χ2v) is 14.7. The summed E-state index contributed by atoms with van der Waals surface area (Å²) in [7, 11) is 0. The Hall–Kier alpha value is -7.10. The van der Waals surface area contributed by atoms with Gasteiger partial charge in [0.2, 0.25) is 0 Å². The van der Waals surface area contributed by atoms with Gasteiger partial charge in [-0.15, -0.1) is 0 Å². The Morgan fingerprint density at radius 2 is 0.981 bits per heavy atom. The summed E-state index contributed by atoms with van der Waals surface area (Å²) in [6.45, 7) is 2.13. The van der Waals surface area contributed by atoms with E-state index >= 15 is 0 Å². The molecule has 1 aliphatic carbocycles. The summed E-state index contributed by atoms with van der Waals surface area (Å²) < 4.78 is 8.96. The molecule has 0 amide bonds. The fourth-order valence-corrected chi connectivity index (χ4v) is 8.91. The molecular weight excluding hydrogens is 657 g/mol. The maximum atomic E-state index is 6.56. The summed E-state index contributed by atoms with van der Waals surface area (Å²) in [4.78, 5) is 2.33. The van der Waals surface area contributed by atoms with Gasteiger partial charge in [0.1, 0.15) is 5.58 Å². The van der Waals surface area contributed by atoms with Gasteiger partial charge in [-0.05, 0) is 136 Å². The van der Waals surface area contributed by atoms with Gasteiger partial charge in [0.25, 0.3) is 0 Å². The third kappa shape index (κ3) is 4.18. The molecule has 3 nitrogen and oxygen atoms in total. The van der Waals surface area contributed by atoms with Crippen LogP contribution in [0.25, 0.3) is 93.2 Å². The Morgan fingerprint density at radius 1 is 0.426 bits per heavy atom. The number of benzene rings is 9. The van der Waals surface area contributed by atoms with Gasteiger partial charge in [-0.25, -0.2) is 0 Å². The van der Waals surface area contributed by atoms with Gasteiger partial charge in [0.15, 0.2) is 5.58 Å². The standard InChI is InChI=1S/C51H32N2O/c1-31-17-21-36(22-18-31)52(49-15-8-12-42-41-11-4-7-16-50(41)54-51(42)49)37-23-19-32-27-43-45(29-34(32)25-37)44-28-33-20-24-38(26-35(33)30-46(43)44)53-47-13-5-2-9-39(47)40-10-3-6-14-48(40)53/h2-30H,1H3. The highest BCUT2D eigenvalue weighted by molar-refractivity contribution is 6.14. The largest absolute Gasteiger partial charge is 0.454 e. The molecule has 0 bridgehead atoms. The molecule has 1 aliphatic rings. The molecular formula is C51H32N2O. The molecule has 12 rings (SSSR count). The number of furan rings is 1. The van der Waals surface area contributed by atoms with Crippen LogP contribution in [0, 0.1) is 6.92 Å². The second-order valence-electron chi connectivity index (χ2n) is 14.7. The third-order valence-corrected chi connectivity index (χ3v) is 11.5. The van der Waals surface area contributed by atoms with Crippen molar-refractivity contribution in [2.45, 2.75) is 6.92 Å². The first-order valence-electron chi connectivity index (χ1n) is 18.6. The van der Waals surface area contributed by atoms with Crippen molar-refractivity contribution in [1.29, 1.82) is 0 Å². The third-order valence-electron chi connectivity index (χ3n) is 11.5. The molecule has 252 valence electrons. The van der Waals surface area contributed by atoms with Crippen molar-refractivity contribution >= 4 is 82.4 Å². The fraction of sp³-hybridized carbons (Fsp3) is 0.0196. The molecule has 0 fully saturated rings. The number of nitrogens with zero attached hydrogens (tertiary/aromatic N) is 2. The van der Waals surface area contributed by atoms with Crippen LogP contribution in [0.4, 0.5) is 17.1 Å². The molecule has 2 heterocycles. The molecule has 0 atom stereocenters. The Balaban J connectivity index is 0.976. The van der Waals surface area contributed by atoms with Gasteiger partial charge < -0.3 is 13.9 Å². The quantitative estimate of drug-likeness (QED) is 0.184. The minimum atomic E-state index is 0.888. The lowest BCUT2D eigenvalue weighted by atomic mass is 9.78. The Bertz CT molecular complexity index is 3290. The maximum Gasteiger partial charge on any atom is 0.159 e. The number of aromatic nitrogens is 1. The molecule has 2 aromatic heterocycles. The molecule has 0 radical (unpaired) electrons. The van der Waals surface area contributed by atoms with E-state index in [4.69, 9.17) is 4.42 Å². The van der Waals surface area contributed by atoms with E-state index in [1.807, 2.05) is 6.07 Å². The minimum absolute atomic E-state index is 0.888. The van der Waals surface area contributed by atoms with Gasteiger partial charge in [0.05, 0.1) is 16.7 Å². The van der Waals surface area contributed by atoms with Crippen LogP contribution < -0.4 is 4.90 Å². The number of aryl methyl sites for hydroxylation is 1. The van der Waals surface area contributed by atoms with Gasteiger partial charge in [-0.3, -0.25) is 0 Å². The van der Waals surface area contributed by atoms with Crippen molar-refractivity contribution in [1.82, 2.24) is 4.57 Å². The molecule has 0 unspecified atom stereocenters. The maximum absolute atomic E-state index is 6.56. The summed E-state index contributed by atoms with van der Waals surface area (Å²) in [5, 5.41) is 9.76. The summed E-state index contributed by atoms with van der Waals surface area (Å²) in [5.41, 5.74) is 15.1. The first-order valence-corrected chi connectivity index (χ1v) is 18.6. The van der Waals surface area contributed by atoms with Crippen molar-refractivity contribution in [3.8, 4) is 27.9 Å². The summed E-state index contributed by atoms with van der Waals surface area (Å²) in [5.74, 6) is 0. The van der Waals surface area contributed by atoms with E-state index in [0.29, 0.717) is 0 Å². The van der Waals surface area contributed by atoms with E-state index in [-0.39, 0.29) is 0 Å². The van der Waals surface area contributed by atoms with Crippen LogP contribution in [0.15, 0.2) is 180 Å². The smallest absolute Gasteiger partial charge is 0.159 e. The highest BCUT2D eigenvalue weighted by Crippen LogP contribution is 2.51. The lowest BCUT2D eigenvalue weighted by Gasteiger charge is -2.28. The van der Waals surface area contributed by atoms with Crippen LogP contribution in [0.2, 0.25) is 0 Å². The monoisotopic (exact) mass is 688 g/mol. The topological polar surface area (TPSA) is 21.3 Å². The van der Waals surface area contributed by atoms with Gasteiger partial charge in [-0.1, -0.05) is 96.6 Å². The Morgan fingerprint density at radius 3 is 1.69 bits per heavy atom. The van der Waals surface area contributed by atoms with E-state index in [1.165, 1.54) is 76.9 Å². The summed E-state index contributed by atoms with van der Waals surface area (Å²) >= 11 is 0. The first kappa shape index (κ1) is 29.5. The van der Waals surface area contributed by atoms with Crippen LogP contribution in [0.1, 0.15) is 5.56 Å². The molecule has 3 heteroatoms. The summed E-state index contributed by atoms with van der Waals surface area (Å²) in [6.07, 6.45) is 0. The fourth-order valence-electron chi connectivity index (χ4n) is 8.91. The van der Waals surface area contributed by atoms with Crippen molar-refractivity contribution in [2.75, 3.05) is 4.90 Å². The highest BCUT2D eigenvalue weighted by atomic mass is 16.3. The van der Waals surface area contributed by atoms with Crippen molar-refractivity contribution in [3.05, 3.63) is 181 Å². The lowest BCUT2D eigenvalue weighted by Crippen LogP contribution is -2.10. The molecule has 0 aliphatic heterocycles. The zero-order valence-electron chi connectivity index (χ0n) is 29.5. The molecule has 0 N–H and O–H groups in total. The van der Waals surface area contributed by atoms with Crippen LogP contribution in [0.3, 0.4) is 0 Å². The second kappa shape index (κ2) is 11.0. The average Bonchev–Trinajstić information content (AvgIpc) is 3.77. The van der Waals surface area contributed by atoms with Crippen LogP contribution >= 0.6 is 0 Å². The SMILES string of the molecule is Cc1ccc(N(c2ccc3cc4c(cc3c2)-c2cc3ccc(-n5c6ccccc6c6ccccc65)cc3cc2-4)c2cccc3c2oc2ccccc23)cc1. The van der Waals surface area contributed by atoms with Crippen LogP contribution in [-0.2, 0) is 0 Å². The molecule has 9 aromatic carbocycles. The van der Waals surface area contributed by atoms with E-state index in [0.717, 1.165) is 39.0 Å². The zero-order valence-corrected chi connectivity index (χ0v) is 29.5. The average molecular weight is 689 g/mol. The molecule has 54 heavy (non-hydrogen) atoms. The molecule has 0 spiro atoms. The minimum Gasteiger partial charge on any atom is -0.454 e. The van der Waals surface area contributed by atoms with Crippen LogP contribution in [0.5, 0.6) is 0 Å².